The Morgan fingerprint density at radius 3 is 2.62 bits per heavy atom. The van der Waals surface area contributed by atoms with Crippen LogP contribution in [0.3, 0.4) is 0 Å². The van der Waals surface area contributed by atoms with Crippen molar-refractivity contribution in [2.75, 3.05) is 12.4 Å². The van der Waals surface area contributed by atoms with Gasteiger partial charge in [-0.3, -0.25) is 4.79 Å². The number of hydrogen-bond acceptors (Lipinski definition) is 5. The molecule has 0 aliphatic rings. The summed E-state index contributed by atoms with van der Waals surface area (Å²) >= 11 is 6.31. The van der Waals surface area contributed by atoms with Crippen LogP contribution >= 0.6 is 11.6 Å². The van der Waals surface area contributed by atoms with Gasteiger partial charge in [-0.25, -0.2) is 9.67 Å². The average Bonchev–Trinajstić information content (AvgIpc) is 3.31. The van der Waals surface area contributed by atoms with E-state index in [9.17, 15) is 4.79 Å². The number of nitrogens with zero attached hydrogens (tertiary/aromatic N) is 3. The van der Waals surface area contributed by atoms with Crippen molar-refractivity contribution in [1.29, 1.82) is 0 Å². The zero-order chi connectivity index (χ0) is 22.4. The molecule has 0 atom stereocenters. The SMILES string of the molecule is COc1cc2c(cc1NC(=O)c1nc(-n3nc(C)cc3C)ccc1Cl)oc1ccccc12. The van der Waals surface area contributed by atoms with Crippen LogP contribution in [0.2, 0.25) is 5.02 Å². The number of aryl methyl sites for hydroxylation is 2. The van der Waals surface area contributed by atoms with E-state index in [2.05, 4.69) is 15.4 Å². The van der Waals surface area contributed by atoms with Gasteiger partial charge >= 0.3 is 0 Å². The number of furan rings is 1. The van der Waals surface area contributed by atoms with Crippen molar-refractivity contribution in [2.45, 2.75) is 13.8 Å². The Kier molecular flexibility index (Phi) is 4.83. The standard InChI is InChI=1S/C24H19ClN4O3/c1-13-10-14(2)29(28-13)22-9-8-17(25)23(27-22)24(30)26-18-12-20-16(11-21(18)31-3)15-6-4-5-7-19(15)32-20/h4-12H,1-3H3,(H,26,30). The summed E-state index contributed by atoms with van der Waals surface area (Å²) in [4.78, 5) is 17.6. The first kappa shape index (κ1) is 20.1. The van der Waals surface area contributed by atoms with Crippen molar-refractivity contribution in [3.63, 3.8) is 0 Å². The predicted octanol–water partition coefficient (Wildman–Crippen LogP) is 5.70. The molecule has 1 amide bonds. The number of aromatic nitrogens is 3. The zero-order valence-electron chi connectivity index (χ0n) is 17.6. The molecule has 5 aromatic rings. The van der Waals surface area contributed by atoms with E-state index in [1.54, 1.807) is 30.0 Å². The van der Waals surface area contributed by atoms with Crippen molar-refractivity contribution in [3.05, 3.63) is 76.7 Å². The number of halogens is 1. The molecule has 5 rings (SSSR count). The van der Waals surface area contributed by atoms with Gasteiger partial charge in [0.2, 0.25) is 0 Å². The summed E-state index contributed by atoms with van der Waals surface area (Å²) in [5, 5.41) is 9.38. The average molecular weight is 447 g/mol. The zero-order valence-corrected chi connectivity index (χ0v) is 18.4. The fourth-order valence-electron chi connectivity index (χ4n) is 3.77. The van der Waals surface area contributed by atoms with Crippen LogP contribution in [0.1, 0.15) is 21.9 Å². The van der Waals surface area contributed by atoms with Crippen molar-refractivity contribution in [2.24, 2.45) is 0 Å². The second-order valence-electron chi connectivity index (χ2n) is 7.44. The minimum atomic E-state index is -0.466. The highest BCUT2D eigenvalue weighted by Crippen LogP contribution is 2.36. The van der Waals surface area contributed by atoms with Crippen molar-refractivity contribution < 1.29 is 13.9 Å². The fraction of sp³-hybridized carbons (Fsp3) is 0.125. The second kappa shape index (κ2) is 7.69. The molecule has 0 unspecified atom stereocenters. The molecule has 1 N–H and O–H groups in total. The lowest BCUT2D eigenvalue weighted by molar-refractivity contribution is 0.102. The number of methoxy groups -OCH3 is 1. The number of carbonyl (C=O) groups is 1. The summed E-state index contributed by atoms with van der Waals surface area (Å²) in [6, 6.07) is 16.6. The number of rotatable bonds is 4. The minimum absolute atomic E-state index is 0.0866. The Morgan fingerprint density at radius 1 is 1.06 bits per heavy atom. The smallest absolute Gasteiger partial charge is 0.276 e. The third-order valence-electron chi connectivity index (χ3n) is 5.22. The molecule has 7 nitrogen and oxygen atoms in total. The van der Waals surface area contributed by atoms with E-state index in [-0.39, 0.29) is 10.7 Å². The van der Waals surface area contributed by atoms with Crippen LogP contribution in [0.15, 0.2) is 59.0 Å². The molecule has 2 aromatic carbocycles. The molecule has 3 aromatic heterocycles. The van der Waals surface area contributed by atoms with E-state index in [0.29, 0.717) is 22.8 Å². The molecule has 0 saturated carbocycles. The molecule has 8 heteroatoms. The second-order valence-corrected chi connectivity index (χ2v) is 7.85. The molecular formula is C24H19ClN4O3. The monoisotopic (exact) mass is 446 g/mol. The lowest BCUT2D eigenvalue weighted by Gasteiger charge is -2.12. The van der Waals surface area contributed by atoms with Gasteiger partial charge in [-0.15, -0.1) is 0 Å². The Hall–Kier alpha value is -3.84. The number of anilines is 1. The van der Waals surface area contributed by atoms with Gasteiger partial charge in [0.05, 0.1) is 23.5 Å². The van der Waals surface area contributed by atoms with Crippen LogP contribution in [-0.4, -0.2) is 27.8 Å². The Balaban J connectivity index is 1.54. The predicted molar refractivity (Wildman–Crippen MR) is 124 cm³/mol. The van der Waals surface area contributed by atoms with Gasteiger partial charge in [0.1, 0.15) is 22.6 Å². The Morgan fingerprint density at radius 2 is 1.88 bits per heavy atom. The molecule has 0 bridgehead atoms. The molecule has 0 aliphatic carbocycles. The van der Waals surface area contributed by atoms with Crippen LogP contribution < -0.4 is 10.1 Å². The highest BCUT2D eigenvalue weighted by atomic mass is 35.5. The lowest BCUT2D eigenvalue weighted by atomic mass is 10.1. The topological polar surface area (TPSA) is 82.2 Å². The maximum atomic E-state index is 13.1. The number of amides is 1. The van der Waals surface area contributed by atoms with Gasteiger partial charge in [0.15, 0.2) is 5.82 Å². The summed E-state index contributed by atoms with van der Waals surface area (Å²) < 4.78 is 13.1. The maximum absolute atomic E-state index is 13.1. The first-order chi connectivity index (χ1) is 15.4. The quantitative estimate of drug-likeness (QED) is 0.383. The van der Waals surface area contributed by atoms with Gasteiger partial charge < -0.3 is 14.5 Å². The Bertz CT molecular complexity index is 1500. The molecule has 32 heavy (non-hydrogen) atoms. The van der Waals surface area contributed by atoms with Crippen LogP contribution in [0.4, 0.5) is 5.69 Å². The molecular weight excluding hydrogens is 428 g/mol. The third kappa shape index (κ3) is 3.36. The number of ether oxygens (including phenoxy) is 1. The van der Waals surface area contributed by atoms with E-state index in [1.807, 2.05) is 50.2 Å². The number of nitrogens with one attached hydrogen (secondary N) is 1. The van der Waals surface area contributed by atoms with E-state index in [1.165, 1.54) is 0 Å². The normalized spacial score (nSPS) is 11.2. The van der Waals surface area contributed by atoms with E-state index < -0.39 is 5.91 Å². The minimum Gasteiger partial charge on any atom is -0.495 e. The van der Waals surface area contributed by atoms with Gasteiger partial charge in [0.25, 0.3) is 5.91 Å². The van der Waals surface area contributed by atoms with E-state index >= 15 is 0 Å². The van der Waals surface area contributed by atoms with Crippen LogP contribution in [0.5, 0.6) is 5.75 Å². The first-order valence-electron chi connectivity index (χ1n) is 9.95. The molecule has 0 fully saturated rings. The molecule has 0 spiro atoms. The van der Waals surface area contributed by atoms with Crippen LogP contribution in [-0.2, 0) is 0 Å². The van der Waals surface area contributed by atoms with E-state index in [0.717, 1.165) is 27.7 Å². The summed E-state index contributed by atoms with van der Waals surface area (Å²) in [5.41, 5.74) is 3.70. The fourth-order valence-corrected chi connectivity index (χ4v) is 3.96. The van der Waals surface area contributed by atoms with Crippen LogP contribution in [0, 0.1) is 13.8 Å². The van der Waals surface area contributed by atoms with E-state index in [4.69, 9.17) is 20.8 Å². The lowest BCUT2D eigenvalue weighted by Crippen LogP contribution is -2.16. The van der Waals surface area contributed by atoms with Crippen LogP contribution in [0.25, 0.3) is 27.8 Å². The van der Waals surface area contributed by atoms with Crippen molar-refractivity contribution in [1.82, 2.24) is 14.8 Å². The Labute approximate surface area is 188 Å². The molecule has 0 radical (unpaired) electrons. The highest BCUT2D eigenvalue weighted by Gasteiger charge is 2.19. The van der Waals surface area contributed by atoms with Gasteiger partial charge in [0, 0.05) is 22.5 Å². The number of fused-ring (bicyclic) bond motifs is 3. The van der Waals surface area contributed by atoms with Gasteiger partial charge in [-0.05, 0) is 44.2 Å². The molecule has 3 heterocycles. The van der Waals surface area contributed by atoms with Gasteiger partial charge in [-0.2, -0.15) is 5.10 Å². The van der Waals surface area contributed by atoms with Crippen molar-refractivity contribution >= 4 is 45.1 Å². The number of benzene rings is 2. The first-order valence-corrected chi connectivity index (χ1v) is 10.3. The largest absolute Gasteiger partial charge is 0.495 e. The molecule has 0 saturated heterocycles. The summed E-state index contributed by atoms with van der Waals surface area (Å²) in [6.45, 7) is 3.82. The molecule has 160 valence electrons. The van der Waals surface area contributed by atoms with Gasteiger partial charge in [-0.1, -0.05) is 29.8 Å². The molecule has 0 aliphatic heterocycles. The number of para-hydroxylation sites is 1. The number of carbonyl (C=O) groups excluding carboxylic acids is 1. The van der Waals surface area contributed by atoms with Crippen molar-refractivity contribution in [3.8, 4) is 11.6 Å². The summed E-state index contributed by atoms with van der Waals surface area (Å²) in [5.74, 6) is 0.542. The number of hydrogen-bond donors (Lipinski definition) is 1. The summed E-state index contributed by atoms with van der Waals surface area (Å²) in [7, 11) is 1.55. The summed E-state index contributed by atoms with van der Waals surface area (Å²) in [6.07, 6.45) is 0. The highest BCUT2D eigenvalue weighted by molar-refractivity contribution is 6.34. The maximum Gasteiger partial charge on any atom is 0.276 e. The third-order valence-corrected chi connectivity index (χ3v) is 5.53. The number of pyridine rings is 1.